The first-order valence-corrected chi connectivity index (χ1v) is 9.20. The molecule has 3 nitrogen and oxygen atoms in total. The van der Waals surface area contributed by atoms with Crippen LogP contribution < -0.4 is 0 Å². The van der Waals surface area contributed by atoms with Crippen molar-refractivity contribution in [3.05, 3.63) is 11.9 Å². The van der Waals surface area contributed by atoms with E-state index >= 15 is 0 Å². The molecule has 0 saturated carbocycles. The van der Waals surface area contributed by atoms with Gasteiger partial charge in [0, 0.05) is 42.1 Å². The smallest absolute Gasteiger partial charge is 0.101 e. The zero-order valence-electron chi connectivity index (χ0n) is 14.2. The molecular formula is C15H35N3Si. The second kappa shape index (κ2) is 10.3. The molecular weight excluding hydrogens is 250 g/mol. The molecule has 1 unspecified atom stereocenters. The second-order valence-electron chi connectivity index (χ2n) is 4.83. The van der Waals surface area contributed by atoms with Gasteiger partial charge in [0.25, 0.3) is 0 Å². The molecule has 0 aromatic heterocycles. The first-order valence-electron chi connectivity index (χ1n) is 8.04. The Balaban J connectivity index is 5.19. The summed E-state index contributed by atoms with van der Waals surface area (Å²) in [4.78, 5) is 7.53. The third-order valence-corrected chi connectivity index (χ3v) is 5.02. The second-order valence-corrected chi connectivity index (χ2v) is 6.01. The standard InChI is InChI=1S/C15H35N3Si/c1-7-16(8-2)14(17(9-3)10-4)13-15(19)18(11-5)12-6/h13,15H,7-12H2,1-6,19H3. The van der Waals surface area contributed by atoms with Crippen LogP contribution >= 0.6 is 0 Å². The van der Waals surface area contributed by atoms with Crippen LogP contribution in [0.3, 0.4) is 0 Å². The summed E-state index contributed by atoms with van der Waals surface area (Å²) in [6, 6.07) is 0. The van der Waals surface area contributed by atoms with Crippen LogP contribution in [0.2, 0.25) is 0 Å². The maximum atomic E-state index is 2.55. The number of rotatable bonds is 10. The summed E-state index contributed by atoms with van der Waals surface area (Å²) in [5.74, 6) is 1.43. The fourth-order valence-electron chi connectivity index (χ4n) is 2.63. The SMILES string of the molecule is CCN(CC)C(=CC([SiH3])N(CC)CC)N(CC)CC. The maximum absolute atomic E-state index is 2.55. The Bertz CT molecular complexity index is 230. The molecule has 0 aliphatic heterocycles. The van der Waals surface area contributed by atoms with Crippen molar-refractivity contribution < 1.29 is 0 Å². The molecule has 1 atom stereocenters. The summed E-state index contributed by atoms with van der Waals surface area (Å²) >= 11 is 0. The molecule has 0 aliphatic rings. The first-order chi connectivity index (χ1) is 9.09. The van der Waals surface area contributed by atoms with Gasteiger partial charge in [0.05, 0.1) is 0 Å². The van der Waals surface area contributed by atoms with E-state index < -0.39 is 0 Å². The number of hydrogen-bond donors (Lipinski definition) is 0. The van der Waals surface area contributed by atoms with Gasteiger partial charge in [-0.2, -0.15) is 0 Å². The third-order valence-electron chi connectivity index (χ3n) is 3.95. The Hall–Kier alpha value is -0.483. The van der Waals surface area contributed by atoms with Gasteiger partial charge in [-0.15, -0.1) is 0 Å². The summed E-state index contributed by atoms with van der Waals surface area (Å²) in [6.45, 7) is 20.2. The van der Waals surface area contributed by atoms with Crippen molar-refractivity contribution in [1.82, 2.24) is 14.7 Å². The van der Waals surface area contributed by atoms with Gasteiger partial charge in [-0.25, -0.2) is 0 Å². The lowest BCUT2D eigenvalue weighted by molar-refractivity contribution is 0.226. The molecule has 0 bridgehead atoms. The third kappa shape index (κ3) is 5.57. The molecule has 0 radical (unpaired) electrons. The minimum absolute atomic E-state index is 0.631. The molecule has 0 N–H and O–H groups in total. The van der Waals surface area contributed by atoms with E-state index in [-0.39, 0.29) is 0 Å². The maximum Gasteiger partial charge on any atom is 0.101 e. The molecule has 19 heavy (non-hydrogen) atoms. The molecule has 0 aromatic rings. The lowest BCUT2D eigenvalue weighted by Crippen LogP contribution is -2.40. The zero-order valence-corrected chi connectivity index (χ0v) is 16.2. The predicted octanol–water partition coefficient (Wildman–Crippen LogP) is 1.54. The van der Waals surface area contributed by atoms with Crippen molar-refractivity contribution in [2.45, 2.75) is 47.2 Å². The predicted molar refractivity (Wildman–Crippen MR) is 90.6 cm³/mol. The summed E-state index contributed by atoms with van der Waals surface area (Å²) in [6.07, 6.45) is 2.50. The van der Waals surface area contributed by atoms with Gasteiger partial charge >= 0.3 is 0 Å². The fraction of sp³-hybridized carbons (Fsp3) is 0.867. The van der Waals surface area contributed by atoms with Crippen LogP contribution in [0.15, 0.2) is 11.9 Å². The summed E-state index contributed by atoms with van der Waals surface area (Å²) in [7, 11) is 1.19. The molecule has 0 heterocycles. The highest BCUT2D eigenvalue weighted by Crippen LogP contribution is 2.13. The summed E-state index contributed by atoms with van der Waals surface area (Å²) < 4.78 is 0. The lowest BCUT2D eigenvalue weighted by Gasteiger charge is -2.36. The van der Waals surface area contributed by atoms with Crippen LogP contribution in [0.5, 0.6) is 0 Å². The van der Waals surface area contributed by atoms with Crippen molar-refractivity contribution in [3.8, 4) is 0 Å². The molecule has 0 aromatic carbocycles. The van der Waals surface area contributed by atoms with E-state index in [9.17, 15) is 0 Å². The fourth-order valence-corrected chi connectivity index (χ4v) is 3.66. The van der Waals surface area contributed by atoms with E-state index in [1.165, 1.54) is 16.1 Å². The van der Waals surface area contributed by atoms with E-state index in [1.54, 1.807) is 0 Å². The van der Waals surface area contributed by atoms with Crippen LogP contribution in [0, 0.1) is 0 Å². The Morgan fingerprint density at radius 1 is 0.789 bits per heavy atom. The lowest BCUT2D eigenvalue weighted by atomic mass is 10.3. The first kappa shape index (κ1) is 18.5. The number of nitrogens with zero attached hydrogens (tertiary/aromatic N) is 3. The highest BCUT2D eigenvalue weighted by atomic mass is 28.1. The summed E-state index contributed by atoms with van der Waals surface area (Å²) in [5.41, 5.74) is 0.631. The van der Waals surface area contributed by atoms with Crippen molar-refractivity contribution in [2.75, 3.05) is 39.3 Å². The van der Waals surface area contributed by atoms with Crippen molar-refractivity contribution >= 4 is 10.2 Å². The molecule has 0 amide bonds. The van der Waals surface area contributed by atoms with Crippen LogP contribution in [-0.4, -0.2) is 69.9 Å². The normalized spacial score (nSPS) is 12.6. The van der Waals surface area contributed by atoms with E-state index in [1.807, 2.05) is 0 Å². The van der Waals surface area contributed by atoms with Gasteiger partial charge in [0.2, 0.25) is 0 Å². The molecule has 0 rings (SSSR count). The van der Waals surface area contributed by atoms with Crippen LogP contribution in [-0.2, 0) is 0 Å². The monoisotopic (exact) mass is 285 g/mol. The largest absolute Gasteiger partial charge is 0.359 e. The van der Waals surface area contributed by atoms with Crippen LogP contribution in [0.4, 0.5) is 0 Å². The van der Waals surface area contributed by atoms with Gasteiger partial charge < -0.3 is 14.7 Å². The Morgan fingerprint density at radius 3 is 1.42 bits per heavy atom. The molecule has 114 valence electrons. The summed E-state index contributed by atoms with van der Waals surface area (Å²) in [5, 5.41) is 0. The van der Waals surface area contributed by atoms with Crippen LogP contribution in [0.1, 0.15) is 41.5 Å². The zero-order chi connectivity index (χ0) is 14.8. The quantitative estimate of drug-likeness (QED) is 0.564. The van der Waals surface area contributed by atoms with E-state index in [2.05, 4.69) is 62.3 Å². The van der Waals surface area contributed by atoms with Gasteiger partial charge in [-0.3, -0.25) is 0 Å². The molecule has 0 spiro atoms. The van der Waals surface area contributed by atoms with Crippen molar-refractivity contribution in [2.24, 2.45) is 0 Å². The van der Waals surface area contributed by atoms with Crippen molar-refractivity contribution in [3.63, 3.8) is 0 Å². The van der Waals surface area contributed by atoms with E-state index in [0.717, 1.165) is 39.3 Å². The Kier molecular flexibility index (Phi) is 10.1. The average Bonchev–Trinajstić information content (AvgIpc) is 2.42. The number of likely N-dealkylation sites (N-methyl/N-ethyl adjacent to an activating group) is 1. The Morgan fingerprint density at radius 2 is 1.16 bits per heavy atom. The number of hydrogen-bond acceptors (Lipinski definition) is 3. The average molecular weight is 286 g/mol. The van der Waals surface area contributed by atoms with E-state index in [4.69, 9.17) is 0 Å². The molecule has 0 fully saturated rings. The molecule has 0 aliphatic carbocycles. The van der Waals surface area contributed by atoms with Gasteiger partial charge in [-0.05, 0) is 46.9 Å². The van der Waals surface area contributed by atoms with Gasteiger partial charge in [0.15, 0.2) is 0 Å². The molecule has 0 saturated heterocycles. The van der Waals surface area contributed by atoms with Gasteiger partial charge in [0.1, 0.15) is 5.82 Å². The minimum Gasteiger partial charge on any atom is -0.359 e. The highest BCUT2D eigenvalue weighted by Gasteiger charge is 2.15. The topological polar surface area (TPSA) is 9.72 Å². The van der Waals surface area contributed by atoms with Gasteiger partial charge in [-0.1, -0.05) is 13.8 Å². The van der Waals surface area contributed by atoms with Crippen molar-refractivity contribution in [1.29, 1.82) is 0 Å². The minimum atomic E-state index is 0.631. The highest BCUT2D eigenvalue weighted by molar-refractivity contribution is 6.13. The molecule has 4 heteroatoms. The Labute approximate surface area is 124 Å². The van der Waals surface area contributed by atoms with Crippen LogP contribution in [0.25, 0.3) is 0 Å². The van der Waals surface area contributed by atoms with E-state index in [0.29, 0.717) is 5.67 Å².